The van der Waals surface area contributed by atoms with Crippen LogP contribution in [0.3, 0.4) is 0 Å². The van der Waals surface area contributed by atoms with E-state index in [0.29, 0.717) is 18.9 Å². The van der Waals surface area contributed by atoms with Crippen LogP contribution in [0.5, 0.6) is 0 Å². The summed E-state index contributed by atoms with van der Waals surface area (Å²) in [7, 11) is 0. The number of benzene rings is 1. The van der Waals surface area contributed by atoms with E-state index in [4.69, 9.17) is 4.74 Å². The van der Waals surface area contributed by atoms with Gasteiger partial charge in [-0.15, -0.1) is 0 Å². The number of anilines is 1. The first-order valence-electron chi connectivity index (χ1n) is 6.54. The molecule has 6 heteroatoms. The van der Waals surface area contributed by atoms with Gasteiger partial charge in [-0.1, -0.05) is 0 Å². The van der Waals surface area contributed by atoms with E-state index >= 15 is 0 Å². The average molecular weight is 280 g/mol. The number of rotatable bonds is 5. The first-order valence-corrected chi connectivity index (χ1v) is 6.54. The molecule has 0 N–H and O–H groups in total. The van der Waals surface area contributed by atoms with Gasteiger partial charge in [-0.05, 0) is 38.1 Å². The molecule has 0 radical (unpaired) electrons. The molecule has 5 nitrogen and oxygen atoms in total. The SMILES string of the molecule is CCOCCN1C(=O)[C@@H](C)N(c2ccc(F)cc2)C1=O. The maximum Gasteiger partial charge on any atom is 0.332 e. The highest BCUT2D eigenvalue weighted by Crippen LogP contribution is 2.25. The number of carbonyl (C=O) groups excluding carboxylic acids is 2. The van der Waals surface area contributed by atoms with Crippen molar-refractivity contribution in [3.05, 3.63) is 30.1 Å². The van der Waals surface area contributed by atoms with E-state index in [1.54, 1.807) is 6.92 Å². The molecule has 0 bridgehead atoms. The first-order chi connectivity index (χ1) is 9.56. The molecule has 108 valence electrons. The van der Waals surface area contributed by atoms with Crippen LogP contribution in [-0.2, 0) is 9.53 Å². The van der Waals surface area contributed by atoms with Crippen molar-refractivity contribution in [3.63, 3.8) is 0 Å². The van der Waals surface area contributed by atoms with Crippen LogP contribution < -0.4 is 4.90 Å². The standard InChI is InChI=1S/C14H17FN2O3/c1-3-20-9-8-16-13(18)10(2)17(14(16)19)12-6-4-11(15)5-7-12/h4-7,10H,3,8-9H2,1-2H3/t10-/m1/s1. The molecule has 0 aromatic heterocycles. The van der Waals surface area contributed by atoms with Crippen LogP contribution in [0.25, 0.3) is 0 Å². The van der Waals surface area contributed by atoms with Crippen molar-refractivity contribution in [2.45, 2.75) is 19.9 Å². The van der Waals surface area contributed by atoms with Gasteiger partial charge in [0.15, 0.2) is 0 Å². The van der Waals surface area contributed by atoms with Gasteiger partial charge in [0.2, 0.25) is 0 Å². The number of amides is 3. The summed E-state index contributed by atoms with van der Waals surface area (Å²) in [5, 5.41) is 0. The van der Waals surface area contributed by atoms with Gasteiger partial charge in [-0.3, -0.25) is 14.6 Å². The van der Waals surface area contributed by atoms with Gasteiger partial charge in [0.05, 0.1) is 13.2 Å². The van der Waals surface area contributed by atoms with Gasteiger partial charge in [0.25, 0.3) is 5.91 Å². The summed E-state index contributed by atoms with van der Waals surface area (Å²) in [6.07, 6.45) is 0. The number of ether oxygens (including phenoxy) is 1. The number of carbonyl (C=O) groups is 2. The average Bonchev–Trinajstić information content (AvgIpc) is 2.64. The second-order valence-corrected chi connectivity index (χ2v) is 4.49. The van der Waals surface area contributed by atoms with Gasteiger partial charge in [-0.2, -0.15) is 0 Å². The molecule has 3 amide bonds. The lowest BCUT2D eigenvalue weighted by Gasteiger charge is -2.19. The van der Waals surface area contributed by atoms with Gasteiger partial charge in [0, 0.05) is 12.3 Å². The zero-order valence-corrected chi connectivity index (χ0v) is 11.5. The molecule has 0 saturated carbocycles. The number of hydrogen-bond acceptors (Lipinski definition) is 3. The van der Waals surface area contributed by atoms with Gasteiger partial charge in [-0.25, -0.2) is 9.18 Å². The number of urea groups is 1. The fraction of sp³-hybridized carbons (Fsp3) is 0.429. The van der Waals surface area contributed by atoms with E-state index < -0.39 is 12.1 Å². The first kappa shape index (κ1) is 14.5. The Kier molecular flexibility index (Phi) is 4.34. The van der Waals surface area contributed by atoms with Crippen molar-refractivity contribution in [3.8, 4) is 0 Å². The minimum Gasteiger partial charge on any atom is -0.380 e. The Balaban J connectivity index is 2.16. The van der Waals surface area contributed by atoms with Crippen molar-refractivity contribution in [2.75, 3.05) is 24.7 Å². The summed E-state index contributed by atoms with van der Waals surface area (Å²) in [6, 6.07) is 4.53. The minimum absolute atomic E-state index is 0.230. The highest BCUT2D eigenvalue weighted by Gasteiger charge is 2.42. The summed E-state index contributed by atoms with van der Waals surface area (Å²) in [6.45, 7) is 4.59. The van der Waals surface area contributed by atoms with Crippen molar-refractivity contribution in [2.24, 2.45) is 0 Å². The van der Waals surface area contributed by atoms with E-state index in [0.717, 1.165) is 0 Å². The molecule has 1 heterocycles. The van der Waals surface area contributed by atoms with Gasteiger partial charge < -0.3 is 4.74 Å². The van der Waals surface area contributed by atoms with Crippen LogP contribution in [-0.4, -0.2) is 42.6 Å². The third-order valence-electron chi connectivity index (χ3n) is 3.22. The van der Waals surface area contributed by atoms with Crippen molar-refractivity contribution < 1.29 is 18.7 Å². The van der Waals surface area contributed by atoms with Gasteiger partial charge in [0.1, 0.15) is 11.9 Å². The summed E-state index contributed by atoms with van der Waals surface area (Å²) in [5.74, 6) is -0.647. The number of hydrogen-bond donors (Lipinski definition) is 0. The molecule has 0 unspecified atom stereocenters. The third-order valence-corrected chi connectivity index (χ3v) is 3.22. The maximum absolute atomic E-state index is 12.9. The molecule has 1 aromatic rings. The van der Waals surface area contributed by atoms with Crippen LogP contribution in [0.15, 0.2) is 24.3 Å². The molecule has 1 atom stereocenters. The summed E-state index contributed by atoms with van der Waals surface area (Å²) >= 11 is 0. The Morgan fingerprint density at radius 3 is 2.50 bits per heavy atom. The molecule has 1 saturated heterocycles. The Bertz CT molecular complexity index is 504. The predicted molar refractivity (Wildman–Crippen MR) is 71.9 cm³/mol. The normalized spacial score (nSPS) is 19.1. The van der Waals surface area contributed by atoms with Crippen LogP contribution in [0.2, 0.25) is 0 Å². The molecule has 0 aliphatic carbocycles. The topological polar surface area (TPSA) is 49.9 Å². The van der Waals surface area contributed by atoms with Crippen molar-refractivity contribution in [1.82, 2.24) is 4.90 Å². The molecule has 1 fully saturated rings. The second-order valence-electron chi connectivity index (χ2n) is 4.49. The minimum atomic E-state index is -0.588. The molecular formula is C14H17FN2O3. The Morgan fingerprint density at radius 2 is 1.90 bits per heavy atom. The second kappa shape index (κ2) is 6.00. The largest absolute Gasteiger partial charge is 0.380 e. The predicted octanol–water partition coefficient (Wildman–Crippen LogP) is 2.02. The molecule has 1 aromatic carbocycles. The molecule has 20 heavy (non-hydrogen) atoms. The Hall–Kier alpha value is -1.95. The van der Waals surface area contributed by atoms with E-state index in [9.17, 15) is 14.0 Å². The highest BCUT2D eigenvalue weighted by atomic mass is 19.1. The van der Waals surface area contributed by atoms with Crippen LogP contribution >= 0.6 is 0 Å². The fourth-order valence-corrected chi connectivity index (χ4v) is 2.17. The zero-order chi connectivity index (χ0) is 14.7. The molecule has 2 rings (SSSR count). The lowest BCUT2D eigenvalue weighted by Crippen LogP contribution is -2.35. The molecule has 0 spiro atoms. The molecule has 1 aliphatic rings. The lowest BCUT2D eigenvalue weighted by atomic mass is 10.2. The van der Waals surface area contributed by atoms with Gasteiger partial charge >= 0.3 is 6.03 Å². The number of imide groups is 1. The van der Waals surface area contributed by atoms with Crippen molar-refractivity contribution in [1.29, 1.82) is 0 Å². The van der Waals surface area contributed by atoms with Crippen LogP contribution in [0.4, 0.5) is 14.9 Å². The maximum atomic E-state index is 12.9. The lowest BCUT2D eigenvalue weighted by molar-refractivity contribution is -0.127. The summed E-state index contributed by atoms with van der Waals surface area (Å²) in [4.78, 5) is 26.9. The van der Waals surface area contributed by atoms with E-state index in [1.165, 1.54) is 34.1 Å². The number of halogens is 1. The Morgan fingerprint density at radius 1 is 1.25 bits per heavy atom. The monoisotopic (exact) mass is 280 g/mol. The van der Waals surface area contributed by atoms with Crippen LogP contribution in [0.1, 0.15) is 13.8 Å². The molecular weight excluding hydrogens is 263 g/mol. The van der Waals surface area contributed by atoms with E-state index in [2.05, 4.69) is 0 Å². The fourth-order valence-electron chi connectivity index (χ4n) is 2.17. The van der Waals surface area contributed by atoms with Crippen molar-refractivity contribution >= 4 is 17.6 Å². The quantitative estimate of drug-likeness (QED) is 0.612. The van der Waals surface area contributed by atoms with Crippen LogP contribution in [0, 0.1) is 5.82 Å². The summed E-state index contributed by atoms with van der Waals surface area (Å²) < 4.78 is 18.1. The smallest absolute Gasteiger partial charge is 0.332 e. The Labute approximate surface area is 116 Å². The number of nitrogens with zero attached hydrogens (tertiary/aromatic N) is 2. The summed E-state index contributed by atoms with van der Waals surface area (Å²) in [5.41, 5.74) is 0.510. The van der Waals surface area contributed by atoms with E-state index in [-0.39, 0.29) is 18.3 Å². The molecule has 1 aliphatic heterocycles. The third kappa shape index (κ3) is 2.65. The highest BCUT2D eigenvalue weighted by molar-refractivity contribution is 6.14. The zero-order valence-electron chi connectivity index (χ0n) is 11.5. The van der Waals surface area contributed by atoms with E-state index in [1.807, 2.05) is 6.92 Å².